The molecule has 1 heteroatoms. The zero-order chi connectivity index (χ0) is 38.9. The molecule has 57 heavy (non-hydrogen) atoms. The molecular formula is C56H49N. The van der Waals surface area contributed by atoms with Gasteiger partial charge in [-0.15, -0.1) is 0 Å². The number of hydrogen-bond donors (Lipinski definition) is 0. The van der Waals surface area contributed by atoms with Gasteiger partial charge in [0.1, 0.15) is 0 Å². The zero-order valence-corrected chi connectivity index (χ0v) is 33.4. The summed E-state index contributed by atoms with van der Waals surface area (Å²) in [6.07, 6.45) is 2.11. The molecule has 9 aromatic carbocycles. The van der Waals surface area contributed by atoms with Gasteiger partial charge in [0, 0.05) is 17.1 Å². The summed E-state index contributed by atoms with van der Waals surface area (Å²) in [6, 6.07) is 69.6. The molecule has 0 heterocycles. The molecular weight excluding hydrogens is 687 g/mol. The van der Waals surface area contributed by atoms with E-state index < -0.39 is 0 Å². The maximum atomic E-state index is 2.50. The second kappa shape index (κ2) is 15.6. The summed E-state index contributed by atoms with van der Waals surface area (Å²) in [5.74, 6) is 1.15. The first-order chi connectivity index (χ1) is 27.9. The van der Waals surface area contributed by atoms with Crippen LogP contribution in [-0.2, 0) is 12.8 Å². The Morgan fingerprint density at radius 1 is 0.351 bits per heavy atom. The molecule has 0 amide bonds. The average Bonchev–Trinajstić information content (AvgIpc) is 3.24. The average molecular weight is 736 g/mol. The lowest BCUT2D eigenvalue weighted by molar-refractivity contribution is 0.647. The first-order valence-electron chi connectivity index (χ1n) is 20.5. The van der Waals surface area contributed by atoms with Crippen LogP contribution in [0, 0.1) is 11.8 Å². The van der Waals surface area contributed by atoms with Crippen LogP contribution in [0.25, 0.3) is 65.7 Å². The molecule has 0 radical (unpaired) electrons. The van der Waals surface area contributed by atoms with Gasteiger partial charge in [0.15, 0.2) is 0 Å². The summed E-state index contributed by atoms with van der Waals surface area (Å²) < 4.78 is 0. The maximum Gasteiger partial charge on any atom is 0.0462 e. The SMILES string of the molecule is CC(C)Cc1ccc2c(c1)c1cc(CC(C)C)ccc1c1c(-c3ccccc3)c(-c3ccccc3)cc(-c3ccc(N(c4ccccc4)c4ccccc4)cc3)c21. The van der Waals surface area contributed by atoms with Gasteiger partial charge < -0.3 is 4.90 Å². The van der Waals surface area contributed by atoms with E-state index in [0.717, 1.165) is 29.9 Å². The van der Waals surface area contributed by atoms with Crippen LogP contribution in [0.1, 0.15) is 38.8 Å². The highest BCUT2D eigenvalue weighted by atomic mass is 15.1. The van der Waals surface area contributed by atoms with Gasteiger partial charge in [-0.1, -0.05) is 173 Å². The minimum absolute atomic E-state index is 0.573. The second-order valence-electron chi connectivity index (χ2n) is 16.3. The van der Waals surface area contributed by atoms with Crippen molar-refractivity contribution in [3.05, 3.63) is 199 Å². The van der Waals surface area contributed by atoms with Crippen LogP contribution in [0.2, 0.25) is 0 Å². The zero-order valence-electron chi connectivity index (χ0n) is 33.4. The number of rotatable bonds is 10. The predicted molar refractivity (Wildman–Crippen MR) is 247 cm³/mol. The molecule has 0 aromatic heterocycles. The number of nitrogens with zero attached hydrogens (tertiary/aromatic N) is 1. The van der Waals surface area contributed by atoms with Gasteiger partial charge in [-0.3, -0.25) is 0 Å². The van der Waals surface area contributed by atoms with Crippen molar-refractivity contribution in [3.63, 3.8) is 0 Å². The van der Waals surface area contributed by atoms with E-state index in [2.05, 4.69) is 221 Å². The number of para-hydroxylation sites is 2. The first-order valence-corrected chi connectivity index (χ1v) is 20.5. The molecule has 0 bridgehead atoms. The number of hydrogen-bond acceptors (Lipinski definition) is 1. The van der Waals surface area contributed by atoms with E-state index in [9.17, 15) is 0 Å². The van der Waals surface area contributed by atoms with E-state index in [1.807, 2.05) is 0 Å². The Bertz CT molecular complexity index is 2760. The Labute approximate surface area is 337 Å². The molecule has 0 aliphatic heterocycles. The van der Waals surface area contributed by atoms with Crippen LogP contribution in [0.4, 0.5) is 17.1 Å². The summed E-state index contributed by atoms with van der Waals surface area (Å²) in [4.78, 5) is 2.34. The lowest BCUT2D eigenvalue weighted by atomic mass is 9.80. The normalized spacial score (nSPS) is 11.6. The van der Waals surface area contributed by atoms with Crippen LogP contribution in [0.3, 0.4) is 0 Å². The van der Waals surface area contributed by atoms with Gasteiger partial charge in [-0.25, -0.2) is 0 Å². The summed E-state index contributed by atoms with van der Waals surface area (Å²) in [7, 11) is 0. The van der Waals surface area contributed by atoms with Gasteiger partial charge in [-0.05, 0) is 144 Å². The van der Waals surface area contributed by atoms with Gasteiger partial charge in [0.25, 0.3) is 0 Å². The molecule has 0 saturated heterocycles. The van der Waals surface area contributed by atoms with Crippen molar-refractivity contribution < 1.29 is 0 Å². The van der Waals surface area contributed by atoms with Crippen molar-refractivity contribution in [1.29, 1.82) is 0 Å². The van der Waals surface area contributed by atoms with E-state index in [1.165, 1.54) is 76.8 Å². The van der Waals surface area contributed by atoms with Crippen molar-refractivity contribution in [2.45, 2.75) is 40.5 Å². The lowest BCUT2D eigenvalue weighted by Crippen LogP contribution is -2.09. The molecule has 0 fully saturated rings. The van der Waals surface area contributed by atoms with Crippen molar-refractivity contribution in [2.75, 3.05) is 4.90 Å². The van der Waals surface area contributed by atoms with Crippen LogP contribution in [-0.4, -0.2) is 0 Å². The molecule has 0 spiro atoms. The van der Waals surface area contributed by atoms with Crippen LogP contribution < -0.4 is 4.90 Å². The molecule has 9 aromatic rings. The second-order valence-corrected chi connectivity index (χ2v) is 16.3. The minimum atomic E-state index is 0.573. The molecule has 0 aliphatic carbocycles. The number of benzene rings is 9. The Kier molecular flexibility index (Phi) is 9.91. The minimum Gasteiger partial charge on any atom is -0.311 e. The fourth-order valence-electron chi connectivity index (χ4n) is 8.86. The highest BCUT2D eigenvalue weighted by molar-refractivity contribution is 6.33. The van der Waals surface area contributed by atoms with E-state index in [0.29, 0.717) is 11.8 Å². The van der Waals surface area contributed by atoms with Crippen LogP contribution in [0.5, 0.6) is 0 Å². The maximum absolute atomic E-state index is 2.50. The van der Waals surface area contributed by atoms with E-state index in [4.69, 9.17) is 0 Å². The van der Waals surface area contributed by atoms with Gasteiger partial charge in [0.05, 0.1) is 0 Å². The summed E-state index contributed by atoms with van der Waals surface area (Å²) in [6.45, 7) is 9.28. The quantitative estimate of drug-likeness (QED) is 0.126. The highest BCUT2D eigenvalue weighted by Crippen LogP contribution is 2.50. The van der Waals surface area contributed by atoms with Crippen molar-refractivity contribution in [1.82, 2.24) is 0 Å². The topological polar surface area (TPSA) is 3.24 Å². The van der Waals surface area contributed by atoms with E-state index >= 15 is 0 Å². The predicted octanol–water partition coefficient (Wildman–Crippen LogP) is 16.0. The van der Waals surface area contributed by atoms with Crippen LogP contribution >= 0.6 is 0 Å². The van der Waals surface area contributed by atoms with Crippen LogP contribution in [0.15, 0.2) is 188 Å². The summed E-state index contributed by atoms with van der Waals surface area (Å²) in [5.41, 5.74) is 13.6. The summed E-state index contributed by atoms with van der Waals surface area (Å²) in [5, 5.41) is 7.90. The van der Waals surface area contributed by atoms with Crippen molar-refractivity contribution >= 4 is 49.4 Å². The molecule has 1 nitrogen and oxygen atoms in total. The third-order valence-corrected chi connectivity index (χ3v) is 11.2. The first kappa shape index (κ1) is 36.2. The molecule has 0 aliphatic rings. The highest BCUT2D eigenvalue weighted by Gasteiger charge is 2.23. The fourth-order valence-corrected chi connectivity index (χ4v) is 8.86. The molecule has 278 valence electrons. The third kappa shape index (κ3) is 7.11. The molecule has 0 N–H and O–H groups in total. The number of fused-ring (bicyclic) bond motifs is 6. The molecule has 9 rings (SSSR count). The monoisotopic (exact) mass is 735 g/mol. The fraction of sp³-hybridized carbons (Fsp3) is 0.143. The van der Waals surface area contributed by atoms with Gasteiger partial charge >= 0.3 is 0 Å². The Morgan fingerprint density at radius 3 is 1.26 bits per heavy atom. The largest absolute Gasteiger partial charge is 0.311 e. The Hall–Kier alpha value is -6.44. The standard InChI is InChI=1S/C56H49N/c1-38(2)33-40-25-31-48-52(35-40)53-36-41(34-39(3)4)26-32-49(53)56-54(44-19-11-6-12-20-44)50(42-17-9-5-10-18-42)37-51(55(48)56)43-27-29-47(30-28-43)57(45-21-13-7-14-22-45)46-23-15-8-16-24-46/h5-32,35-39H,33-34H2,1-4H3. The van der Waals surface area contributed by atoms with Crippen molar-refractivity contribution in [2.24, 2.45) is 11.8 Å². The molecule has 0 saturated carbocycles. The number of anilines is 3. The molecule has 0 atom stereocenters. The van der Waals surface area contributed by atoms with E-state index in [1.54, 1.807) is 0 Å². The van der Waals surface area contributed by atoms with Gasteiger partial charge in [0.2, 0.25) is 0 Å². The third-order valence-electron chi connectivity index (χ3n) is 11.2. The molecule has 0 unspecified atom stereocenters. The van der Waals surface area contributed by atoms with E-state index in [-0.39, 0.29) is 0 Å². The summed E-state index contributed by atoms with van der Waals surface area (Å²) >= 11 is 0. The smallest absolute Gasteiger partial charge is 0.0462 e. The Morgan fingerprint density at radius 2 is 0.772 bits per heavy atom. The lowest BCUT2D eigenvalue weighted by Gasteiger charge is -2.26. The van der Waals surface area contributed by atoms with Gasteiger partial charge in [-0.2, -0.15) is 0 Å². The Balaban J connectivity index is 1.39. The van der Waals surface area contributed by atoms with Crippen molar-refractivity contribution in [3.8, 4) is 33.4 Å².